The Labute approximate surface area is 122 Å². The number of nitrogens with one attached hydrogen (secondary N) is 1. The molecule has 0 aliphatic carbocycles. The number of aryl methyl sites for hydroxylation is 1. The molecule has 0 aliphatic heterocycles. The van der Waals surface area contributed by atoms with Crippen molar-refractivity contribution in [2.24, 2.45) is 5.73 Å². The van der Waals surface area contributed by atoms with Crippen LogP contribution in [0.15, 0.2) is 46.1 Å². The van der Waals surface area contributed by atoms with Crippen molar-refractivity contribution in [3.63, 3.8) is 0 Å². The summed E-state index contributed by atoms with van der Waals surface area (Å²) in [6, 6.07) is 6.35. The van der Waals surface area contributed by atoms with Crippen molar-refractivity contribution in [3.8, 4) is 0 Å². The van der Waals surface area contributed by atoms with Crippen LogP contribution in [0.3, 0.4) is 0 Å². The predicted octanol–water partition coefficient (Wildman–Crippen LogP) is 1.70. The van der Waals surface area contributed by atoms with Crippen LogP contribution >= 0.6 is 12.2 Å². The molecule has 0 spiro atoms. The van der Waals surface area contributed by atoms with Crippen LogP contribution in [0.2, 0.25) is 0 Å². The monoisotopic (exact) mass is 310 g/mol. The summed E-state index contributed by atoms with van der Waals surface area (Å²) in [5, 5.41) is 0. The third-order valence-electron chi connectivity index (χ3n) is 2.82. The Morgan fingerprint density at radius 3 is 2.70 bits per heavy atom. The van der Waals surface area contributed by atoms with Gasteiger partial charge in [0.05, 0.1) is 17.4 Å². The largest absolute Gasteiger partial charge is 0.472 e. The molecule has 7 heteroatoms. The number of hydrogen-bond acceptors (Lipinski definition) is 4. The minimum Gasteiger partial charge on any atom is -0.472 e. The number of nitrogens with two attached hydrogens (primary N) is 1. The van der Waals surface area contributed by atoms with Gasteiger partial charge in [0, 0.05) is 17.7 Å². The topological polar surface area (TPSA) is 85.3 Å². The minimum atomic E-state index is -3.58. The van der Waals surface area contributed by atoms with Gasteiger partial charge in [-0.3, -0.25) is 0 Å². The molecular weight excluding hydrogens is 296 g/mol. The quantitative estimate of drug-likeness (QED) is 0.821. The summed E-state index contributed by atoms with van der Waals surface area (Å²) in [6.07, 6.45) is 2.98. The maximum Gasteiger partial charge on any atom is 0.240 e. The SMILES string of the molecule is Cc1cc(S(=O)(=O)NCc2ccoc2)ccc1C(N)=S. The maximum atomic E-state index is 12.2. The first-order valence-electron chi connectivity index (χ1n) is 5.81. The van der Waals surface area contributed by atoms with Gasteiger partial charge in [0.25, 0.3) is 0 Å². The van der Waals surface area contributed by atoms with Crippen LogP contribution in [-0.4, -0.2) is 13.4 Å². The summed E-state index contributed by atoms with van der Waals surface area (Å²) in [7, 11) is -3.58. The van der Waals surface area contributed by atoms with E-state index in [0.717, 1.165) is 11.1 Å². The zero-order chi connectivity index (χ0) is 14.8. The molecular formula is C13H14N2O3S2. The Morgan fingerprint density at radius 1 is 1.40 bits per heavy atom. The van der Waals surface area contributed by atoms with Crippen molar-refractivity contribution >= 4 is 27.2 Å². The van der Waals surface area contributed by atoms with Gasteiger partial charge < -0.3 is 10.2 Å². The molecule has 0 radical (unpaired) electrons. The van der Waals surface area contributed by atoms with E-state index in [1.54, 1.807) is 25.1 Å². The van der Waals surface area contributed by atoms with Crippen LogP contribution in [0.5, 0.6) is 0 Å². The smallest absolute Gasteiger partial charge is 0.240 e. The molecule has 2 rings (SSSR count). The van der Waals surface area contributed by atoms with Crippen LogP contribution < -0.4 is 10.5 Å². The van der Waals surface area contributed by atoms with Crippen LogP contribution in [-0.2, 0) is 16.6 Å². The molecule has 0 fully saturated rings. The van der Waals surface area contributed by atoms with E-state index < -0.39 is 10.0 Å². The van der Waals surface area contributed by atoms with E-state index in [9.17, 15) is 8.42 Å². The highest BCUT2D eigenvalue weighted by Gasteiger charge is 2.15. The summed E-state index contributed by atoms with van der Waals surface area (Å²) in [5.74, 6) is 0. The summed E-state index contributed by atoms with van der Waals surface area (Å²) in [5.41, 5.74) is 7.71. The molecule has 5 nitrogen and oxygen atoms in total. The zero-order valence-corrected chi connectivity index (χ0v) is 12.4. The average Bonchev–Trinajstić information content (AvgIpc) is 2.89. The zero-order valence-electron chi connectivity index (χ0n) is 10.8. The standard InChI is InChI=1S/C13H14N2O3S2/c1-9-6-11(2-3-12(9)13(14)19)20(16,17)15-7-10-4-5-18-8-10/h2-6,8,15H,7H2,1H3,(H2,14,19). The Balaban J connectivity index is 2.21. The molecule has 20 heavy (non-hydrogen) atoms. The van der Waals surface area contributed by atoms with Crippen LogP contribution in [0.4, 0.5) is 0 Å². The highest BCUT2D eigenvalue weighted by Crippen LogP contribution is 2.16. The second kappa shape index (κ2) is 5.74. The molecule has 1 aromatic carbocycles. The molecule has 2 aromatic rings. The van der Waals surface area contributed by atoms with Crippen molar-refractivity contribution in [2.45, 2.75) is 18.4 Å². The number of furan rings is 1. The third-order valence-corrected chi connectivity index (χ3v) is 4.44. The van der Waals surface area contributed by atoms with E-state index in [2.05, 4.69) is 4.72 Å². The number of hydrogen-bond donors (Lipinski definition) is 2. The molecule has 106 valence electrons. The van der Waals surface area contributed by atoms with E-state index >= 15 is 0 Å². The molecule has 1 aromatic heterocycles. The van der Waals surface area contributed by atoms with E-state index in [0.29, 0.717) is 5.56 Å². The maximum absolute atomic E-state index is 12.2. The van der Waals surface area contributed by atoms with Gasteiger partial charge in [0.2, 0.25) is 10.0 Å². The lowest BCUT2D eigenvalue weighted by Crippen LogP contribution is -2.23. The molecule has 0 unspecified atom stereocenters. The van der Waals surface area contributed by atoms with Gasteiger partial charge in [0.15, 0.2) is 0 Å². The normalized spacial score (nSPS) is 11.4. The van der Waals surface area contributed by atoms with Crippen molar-refractivity contribution in [1.82, 2.24) is 4.72 Å². The van der Waals surface area contributed by atoms with E-state index in [1.165, 1.54) is 18.6 Å². The molecule has 0 amide bonds. The molecule has 0 saturated carbocycles. The molecule has 1 heterocycles. The number of sulfonamides is 1. The van der Waals surface area contributed by atoms with Crippen molar-refractivity contribution in [1.29, 1.82) is 0 Å². The lowest BCUT2D eigenvalue weighted by molar-refractivity contribution is 0.561. The van der Waals surface area contributed by atoms with E-state index in [1.807, 2.05) is 0 Å². The second-order valence-electron chi connectivity index (χ2n) is 4.30. The Kier molecular flexibility index (Phi) is 4.22. The van der Waals surface area contributed by atoms with Crippen LogP contribution in [0.25, 0.3) is 0 Å². The van der Waals surface area contributed by atoms with Gasteiger partial charge in [-0.25, -0.2) is 13.1 Å². The number of rotatable bonds is 5. The van der Waals surface area contributed by atoms with Gasteiger partial charge >= 0.3 is 0 Å². The van der Waals surface area contributed by atoms with Gasteiger partial charge in [0.1, 0.15) is 4.99 Å². The Hall–Kier alpha value is -1.70. The van der Waals surface area contributed by atoms with Gasteiger partial charge in [-0.15, -0.1) is 0 Å². The Bertz CT molecular complexity index is 722. The Morgan fingerprint density at radius 2 is 2.15 bits per heavy atom. The first-order valence-corrected chi connectivity index (χ1v) is 7.70. The molecule has 0 atom stereocenters. The van der Waals surface area contributed by atoms with E-state index in [-0.39, 0.29) is 16.4 Å². The van der Waals surface area contributed by atoms with Crippen LogP contribution in [0, 0.1) is 6.92 Å². The van der Waals surface area contributed by atoms with Gasteiger partial charge in [-0.05, 0) is 30.7 Å². The van der Waals surface area contributed by atoms with Crippen LogP contribution in [0.1, 0.15) is 16.7 Å². The van der Waals surface area contributed by atoms with E-state index in [4.69, 9.17) is 22.4 Å². The molecule has 0 saturated heterocycles. The fraction of sp³-hybridized carbons (Fsp3) is 0.154. The lowest BCUT2D eigenvalue weighted by atomic mass is 10.1. The van der Waals surface area contributed by atoms with Crippen molar-refractivity contribution < 1.29 is 12.8 Å². The van der Waals surface area contributed by atoms with Gasteiger partial charge in [-0.2, -0.15) is 0 Å². The molecule has 0 aliphatic rings. The van der Waals surface area contributed by atoms with Gasteiger partial charge in [-0.1, -0.05) is 18.3 Å². The summed E-state index contributed by atoms with van der Waals surface area (Å²) in [6.45, 7) is 1.94. The lowest BCUT2D eigenvalue weighted by Gasteiger charge is -2.09. The molecule has 3 N–H and O–H groups in total. The second-order valence-corrected chi connectivity index (χ2v) is 6.50. The molecule has 0 bridgehead atoms. The highest BCUT2D eigenvalue weighted by atomic mass is 32.2. The minimum absolute atomic E-state index is 0.176. The third kappa shape index (κ3) is 3.24. The summed E-state index contributed by atoms with van der Waals surface area (Å²) >= 11 is 4.89. The fourth-order valence-corrected chi connectivity index (χ4v) is 3.07. The number of thiocarbonyl (C=S) groups is 1. The first kappa shape index (κ1) is 14.7. The summed E-state index contributed by atoms with van der Waals surface area (Å²) in [4.78, 5) is 0.427. The van der Waals surface area contributed by atoms with Crippen molar-refractivity contribution in [3.05, 3.63) is 53.5 Å². The first-order chi connectivity index (χ1) is 9.40. The average molecular weight is 310 g/mol. The summed E-state index contributed by atoms with van der Waals surface area (Å²) < 4.78 is 31.7. The number of benzene rings is 1. The fourth-order valence-electron chi connectivity index (χ4n) is 1.73. The highest BCUT2D eigenvalue weighted by molar-refractivity contribution is 7.89. The van der Waals surface area contributed by atoms with Crippen molar-refractivity contribution in [2.75, 3.05) is 0 Å². The predicted molar refractivity (Wildman–Crippen MR) is 79.8 cm³/mol.